The zero-order valence-electron chi connectivity index (χ0n) is 12.2. The molecule has 2 aromatic rings. The summed E-state index contributed by atoms with van der Waals surface area (Å²) in [6.45, 7) is 5.10. The van der Waals surface area contributed by atoms with Crippen LogP contribution in [0.4, 0.5) is 11.4 Å². The third-order valence-electron chi connectivity index (χ3n) is 3.25. The topological polar surface area (TPSA) is 15.3 Å². The van der Waals surface area contributed by atoms with Crippen LogP contribution in [-0.2, 0) is 6.54 Å². The lowest BCUT2D eigenvalue weighted by Crippen LogP contribution is -2.23. The molecule has 0 saturated heterocycles. The molecule has 1 N–H and O–H groups in total. The lowest BCUT2D eigenvalue weighted by atomic mass is 10.1. The van der Waals surface area contributed by atoms with Crippen LogP contribution in [0.2, 0.25) is 5.02 Å². The Morgan fingerprint density at radius 2 is 1.75 bits per heavy atom. The van der Waals surface area contributed by atoms with Crippen molar-refractivity contribution in [2.75, 3.05) is 11.9 Å². The number of anilines is 2. The van der Waals surface area contributed by atoms with E-state index < -0.39 is 0 Å². The number of rotatable bonds is 5. The Bertz CT molecular complexity index is 552. The van der Waals surface area contributed by atoms with E-state index in [-0.39, 0.29) is 0 Å². The Kier molecular flexibility index (Phi) is 5.05. The van der Waals surface area contributed by atoms with E-state index in [4.69, 9.17) is 11.6 Å². The van der Waals surface area contributed by atoms with E-state index in [9.17, 15) is 0 Å². The number of benzene rings is 2. The van der Waals surface area contributed by atoms with Crippen molar-refractivity contribution >= 4 is 23.0 Å². The summed E-state index contributed by atoms with van der Waals surface area (Å²) in [5.41, 5.74) is 3.40. The second-order valence-corrected chi connectivity index (χ2v) is 5.58. The van der Waals surface area contributed by atoms with Gasteiger partial charge in [0, 0.05) is 25.3 Å². The van der Waals surface area contributed by atoms with Gasteiger partial charge < -0.3 is 10.2 Å². The zero-order chi connectivity index (χ0) is 14.5. The van der Waals surface area contributed by atoms with E-state index >= 15 is 0 Å². The molecular formula is C17H21ClN2. The van der Waals surface area contributed by atoms with Crippen LogP contribution in [0.25, 0.3) is 0 Å². The third-order valence-corrected chi connectivity index (χ3v) is 3.56. The molecule has 3 heteroatoms. The van der Waals surface area contributed by atoms with Gasteiger partial charge in [0.05, 0.1) is 10.7 Å². The van der Waals surface area contributed by atoms with Gasteiger partial charge in [0.2, 0.25) is 0 Å². The quantitative estimate of drug-likeness (QED) is 0.864. The van der Waals surface area contributed by atoms with Gasteiger partial charge in [-0.1, -0.05) is 55.8 Å². The van der Waals surface area contributed by atoms with Gasteiger partial charge in [-0.25, -0.2) is 0 Å². The average molecular weight is 289 g/mol. The largest absolute Gasteiger partial charge is 0.343 e. The fourth-order valence-electron chi connectivity index (χ4n) is 2.17. The first-order valence-electron chi connectivity index (χ1n) is 6.89. The molecule has 0 aromatic heterocycles. The van der Waals surface area contributed by atoms with Crippen LogP contribution in [0.1, 0.15) is 19.4 Å². The fraction of sp³-hybridized carbons (Fsp3) is 0.294. The molecule has 20 heavy (non-hydrogen) atoms. The predicted octanol–water partition coefficient (Wildman–Crippen LogP) is 4.61. The number of halogens is 1. The molecule has 0 atom stereocenters. The van der Waals surface area contributed by atoms with Crippen molar-refractivity contribution in [2.45, 2.75) is 26.4 Å². The first-order chi connectivity index (χ1) is 9.59. The van der Waals surface area contributed by atoms with E-state index in [1.54, 1.807) is 0 Å². The molecule has 0 saturated carbocycles. The molecule has 0 fully saturated rings. The summed E-state index contributed by atoms with van der Waals surface area (Å²) in [6.07, 6.45) is 0. The Labute approximate surface area is 126 Å². The van der Waals surface area contributed by atoms with Gasteiger partial charge >= 0.3 is 0 Å². The first kappa shape index (κ1) is 14.9. The molecule has 2 rings (SSSR count). The van der Waals surface area contributed by atoms with Crippen LogP contribution in [-0.4, -0.2) is 13.1 Å². The maximum absolute atomic E-state index is 6.42. The van der Waals surface area contributed by atoms with Crippen LogP contribution < -0.4 is 10.2 Å². The average Bonchev–Trinajstić information content (AvgIpc) is 2.45. The number of hydrogen-bond donors (Lipinski definition) is 1. The molecule has 2 nitrogen and oxygen atoms in total. The van der Waals surface area contributed by atoms with Crippen molar-refractivity contribution in [1.29, 1.82) is 0 Å². The lowest BCUT2D eigenvalue weighted by Gasteiger charge is -2.24. The Morgan fingerprint density at radius 3 is 2.40 bits per heavy atom. The number of nitrogens with zero attached hydrogens (tertiary/aromatic N) is 1. The molecule has 0 heterocycles. The van der Waals surface area contributed by atoms with Gasteiger partial charge in [-0.3, -0.25) is 0 Å². The standard InChI is InChI=1S/C17H21ClN2/c1-13(2)19-12-14-8-7-11-16(18)17(14)20(3)15-9-5-4-6-10-15/h4-11,13,19H,12H2,1-3H3. The number of hydrogen-bond acceptors (Lipinski definition) is 2. The van der Waals surface area contributed by atoms with Crippen LogP contribution in [0.5, 0.6) is 0 Å². The minimum absolute atomic E-state index is 0.448. The SMILES string of the molecule is CC(C)NCc1cccc(Cl)c1N(C)c1ccccc1. The summed E-state index contributed by atoms with van der Waals surface area (Å²) in [6, 6.07) is 16.8. The normalized spacial score (nSPS) is 10.8. The second-order valence-electron chi connectivity index (χ2n) is 5.18. The van der Waals surface area contributed by atoms with Crippen molar-refractivity contribution in [3.8, 4) is 0 Å². The molecule has 0 aliphatic rings. The summed E-state index contributed by atoms with van der Waals surface area (Å²) in [7, 11) is 2.05. The van der Waals surface area contributed by atoms with Gasteiger partial charge in [-0.15, -0.1) is 0 Å². The summed E-state index contributed by atoms with van der Waals surface area (Å²) >= 11 is 6.42. The van der Waals surface area contributed by atoms with Crippen molar-refractivity contribution in [1.82, 2.24) is 5.32 Å². The van der Waals surface area contributed by atoms with E-state index in [1.165, 1.54) is 5.56 Å². The highest BCUT2D eigenvalue weighted by molar-refractivity contribution is 6.33. The van der Waals surface area contributed by atoms with Gasteiger partial charge in [-0.2, -0.15) is 0 Å². The van der Waals surface area contributed by atoms with Gasteiger partial charge in [-0.05, 0) is 23.8 Å². The summed E-state index contributed by atoms with van der Waals surface area (Å²) < 4.78 is 0. The number of nitrogens with one attached hydrogen (secondary N) is 1. The molecule has 0 radical (unpaired) electrons. The maximum atomic E-state index is 6.42. The molecular weight excluding hydrogens is 268 g/mol. The monoisotopic (exact) mass is 288 g/mol. The molecule has 106 valence electrons. The number of para-hydroxylation sites is 2. The third kappa shape index (κ3) is 3.53. The van der Waals surface area contributed by atoms with Crippen molar-refractivity contribution in [2.24, 2.45) is 0 Å². The van der Waals surface area contributed by atoms with E-state index in [0.29, 0.717) is 6.04 Å². The van der Waals surface area contributed by atoms with Crippen LogP contribution in [0, 0.1) is 0 Å². The van der Waals surface area contributed by atoms with E-state index in [0.717, 1.165) is 22.9 Å². The molecule has 0 unspecified atom stereocenters. The molecule has 0 aliphatic carbocycles. The molecule has 0 amide bonds. The zero-order valence-corrected chi connectivity index (χ0v) is 13.0. The van der Waals surface area contributed by atoms with Gasteiger partial charge in [0.15, 0.2) is 0 Å². The second kappa shape index (κ2) is 6.78. The fourth-order valence-corrected chi connectivity index (χ4v) is 2.49. The predicted molar refractivity (Wildman–Crippen MR) is 87.9 cm³/mol. The highest BCUT2D eigenvalue weighted by Crippen LogP contribution is 2.33. The molecule has 2 aromatic carbocycles. The Hall–Kier alpha value is -1.51. The molecule has 0 spiro atoms. The van der Waals surface area contributed by atoms with Gasteiger partial charge in [0.1, 0.15) is 0 Å². The van der Waals surface area contributed by atoms with E-state index in [1.807, 2.05) is 30.3 Å². The Morgan fingerprint density at radius 1 is 1.05 bits per heavy atom. The van der Waals surface area contributed by atoms with Gasteiger partial charge in [0.25, 0.3) is 0 Å². The van der Waals surface area contributed by atoms with E-state index in [2.05, 4.69) is 49.3 Å². The maximum Gasteiger partial charge on any atom is 0.0646 e. The highest BCUT2D eigenvalue weighted by atomic mass is 35.5. The first-order valence-corrected chi connectivity index (χ1v) is 7.27. The van der Waals surface area contributed by atoms with Crippen molar-refractivity contribution < 1.29 is 0 Å². The molecule has 0 bridgehead atoms. The van der Waals surface area contributed by atoms with Crippen molar-refractivity contribution in [3.05, 3.63) is 59.1 Å². The van der Waals surface area contributed by atoms with Crippen LogP contribution >= 0.6 is 11.6 Å². The highest BCUT2D eigenvalue weighted by Gasteiger charge is 2.13. The summed E-state index contributed by atoms with van der Waals surface area (Å²) in [4.78, 5) is 2.14. The van der Waals surface area contributed by atoms with Crippen LogP contribution in [0.3, 0.4) is 0 Å². The summed E-state index contributed by atoms with van der Waals surface area (Å²) in [5, 5.41) is 4.23. The molecule has 0 aliphatic heterocycles. The smallest absolute Gasteiger partial charge is 0.0646 e. The van der Waals surface area contributed by atoms with Crippen LogP contribution in [0.15, 0.2) is 48.5 Å². The minimum Gasteiger partial charge on any atom is -0.343 e. The lowest BCUT2D eigenvalue weighted by molar-refractivity contribution is 0.589. The Balaban J connectivity index is 2.34. The minimum atomic E-state index is 0.448. The summed E-state index contributed by atoms with van der Waals surface area (Å²) in [5.74, 6) is 0. The van der Waals surface area contributed by atoms with Crippen molar-refractivity contribution in [3.63, 3.8) is 0 Å².